The molecule has 0 aliphatic heterocycles. The number of anilines is 2. The number of hydrogen-bond donors (Lipinski definition) is 2. The van der Waals surface area contributed by atoms with Crippen molar-refractivity contribution in [3.63, 3.8) is 0 Å². The number of para-hydroxylation sites is 1. The molecule has 2 aromatic rings. The second-order valence-electron chi connectivity index (χ2n) is 5.85. The fraction of sp³-hybridized carbons (Fsp3) is 0.300. The molecule has 0 fully saturated rings. The second-order valence-corrected chi connectivity index (χ2v) is 5.85. The van der Waals surface area contributed by atoms with Crippen LogP contribution in [-0.2, 0) is 9.53 Å². The first-order valence-electron chi connectivity index (χ1n) is 8.84. The lowest BCUT2D eigenvalue weighted by atomic mass is 10.1. The summed E-state index contributed by atoms with van der Waals surface area (Å²) >= 11 is 0. The van der Waals surface area contributed by atoms with Gasteiger partial charge in [0.25, 0.3) is 5.91 Å². The minimum atomic E-state index is -2.92. The Balaban J connectivity index is 1.86. The monoisotopic (exact) mass is 392 g/mol. The maximum absolute atomic E-state index is 12.3. The molecule has 0 aliphatic rings. The Bertz CT molecular complexity index is 782. The first kappa shape index (κ1) is 21.1. The van der Waals surface area contributed by atoms with Gasteiger partial charge in [0, 0.05) is 17.9 Å². The Labute approximate surface area is 161 Å². The van der Waals surface area contributed by atoms with Crippen LogP contribution in [0.5, 0.6) is 5.75 Å². The highest BCUT2D eigenvalue weighted by Gasteiger charge is 2.14. The largest absolute Gasteiger partial charge is 0.452 e. The zero-order chi connectivity index (χ0) is 20.4. The highest BCUT2D eigenvalue weighted by Crippen LogP contribution is 2.18. The number of hydrogen-bond acceptors (Lipinski definition) is 5. The molecule has 150 valence electrons. The lowest BCUT2D eigenvalue weighted by Gasteiger charge is -2.12. The fourth-order valence-corrected chi connectivity index (χ4v) is 2.34. The molecule has 0 bridgehead atoms. The zero-order valence-electron chi connectivity index (χ0n) is 15.4. The Hall–Kier alpha value is -3.16. The van der Waals surface area contributed by atoms with Crippen molar-refractivity contribution in [3.8, 4) is 5.75 Å². The van der Waals surface area contributed by atoms with Crippen LogP contribution in [0, 0.1) is 0 Å². The van der Waals surface area contributed by atoms with Crippen molar-refractivity contribution in [2.24, 2.45) is 0 Å². The van der Waals surface area contributed by atoms with Crippen LogP contribution in [0.3, 0.4) is 0 Å². The first-order valence-corrected chi connectivity index (χ1v) is 8.84. The van der Waals surface area contributed by atoms with Crippen molar-refractivity contribution >= 4 is 23.3 Å². The van der Waals surface area contributed by atoms with E-state index in [0.29, 0.717) is 16.9 Å². The number of benzene rings is 2. The molecule has 0 spiro atoms. The molecule has 1 amide bonds. The molecule has 0 radical (unpaired) electrons. The van der Waals surface area contributed by atoms with Crippen molar-refractivity contribution in [2.75, 3.05) is 23.8 Å². The van der Waals surface area contributed by atoms with Gasteiger partial charge in [-0.2, -0.15) is 8.78 Å². The molecular formula is C20H22F2N2O4. The Morgan fingerprint density at radius 3 is 2.46 bits per heavy atom. The molecule has 8 heteroatoms. The van der Waals surface area contributed by atoms with Crippen molar-refractivity contribution in [3.05, 3.63) is 54.1 Å². The Morgan fingerprint density at radius 1 is 1.07 bits per heavy atom. The minimum Gasteiger partial charge on any atom is -0.452 e. The molecule has 0 aromatic heterocycles. The lowest BCUT2D eigenvalue weighted by molar-refractivity contribution is -0.119. The number of alkyl halides is 2. The third kappa shape index (κ3) is 6.86. The molecule has 0 unspecified atom stereocenters. The molecule has 6 nitrogen and oxygen atoms in total. The average Bonchev–Trinajstić information content (AvgIpc) is 2.68. The lowest BCUT2D eigenvalue weighted by Crippen LogP contribution is -2.21. The van der Waals surface area contributed by atoms with Crippen LogP contribution in [0.4, 0.5) is 20.2 Å². The number of rotatable bonds is 10. The van der Waals surface area contributed by atoms with Gasteiger partial charge in [-0.15, -0.1) is 0 Å². The third-order valence-electron chi connectivity index (χ3n) is 3.69. The summed E-state index contributed by atoms with van der Waals surface area (Å²) in [7, 11) is 0. The highest BCUT2D eigenvalue weighted by molar-refractivity contribution is 5.98. The molecule has 0 aliphatic carbocycles. The van der Waals surface area contributed by atoms with E-state index >= 15 is 0 Å². The maximum atomic E-state index is 12.3. The quantitative estimate of drug-likeness (QED) is 0.466. The van der Waals surface area contributed by atoms with Gasteiger partial charge in [-0.3, -0.25) is 4.79 Å². The summed E-state index contributed by atoms with van der Waals surface area (Å²) in [5.41, 5.74) is 1.36. The van der Waals surface area contributed by atoms with E-state index in [4.69, 9.17) is 4.74 Å². The van der Waals surface area contributed by atoms with Crippen molar-refractivity contribution in [1.82, 2.24) is 0 Å². The summed E-state index contributed by atoms with van der Waals surface area (Å²) in [6.45, 7) is -0.594. The summed E-state index contributed by atoms with van der Waals surface area (Å²) in [4.78, 5) is 24.2. The predicted molar refractivity (Wildman–Crippen MR) is 102 cm³/mol. The van der Waals surface area contributed by atoms with Gasteiger partial charge in [-0.25, -0.2) is 4.79 Å². The number of esters is 1. The SMILES string of the molecule is CCCCNc1ccccc1C(=O)OCC(=O)Nc1ccc(OC(F)F)cc1. The fourth-order valence-electron chi connectivity index (χ4n) is 2.34. The second kappa shape index (κ2) is 10.9. The van der Waals surface area contributed by atoms with Gasteiger partial charge in [0.1, 0.15) is 5.75 Å². The number of halogens is 2. The van der Waals surface area contributed by atoms with Crippen LogP contribution in [0.25, 0.3) is 0 Å². The van der Waals surface area contributed by atoms with E-state index < -0.39 is 25.1 Å². The molecule has 0 atom stereocenters. The van der Waals surface area contributed by atoms with Gasteiger partial charge in [0.05, 0.1) is 5.56 Å². The number of carbonyl (C=O) groups is 2. The van der Waals surface area contributed by atoms with E-state index in [9.17, 15) is 18.4 Å². The van der Waals surface area contributed by atoms with Gasteiger partial charge in [0.15, 0.2) is 6.61 Å². The van der Waals surface area contributed by atoms with Crippen molar-refractivity contribution in [1.29, 1.82) is 0 Å². The molecule has 0 saturated heterocycles. The first-order chi connectivity index (χ1) is 13.5. The van der Waals surface area contributed by atoms with Crippen LogP contribution in [-0.4, -0.2) is 31.6 Å². The van der Waals surface area contributed by atoms with E-state index in [1.54, 1.807) is 24.3 Å². The molecule has 2 rings (SSSR count). The summed E-state index contributed by atoms with van der Waals surface area (Å²) < 4.78 is 33.5. The van der Waals surface area contributed by atoms with Crippen molar-refractivity contribution < 1.29 is 27.8 Å². The molecular weight excluding hydrogens is 370 g/mol. The number of nitrogens with one attached hydrogen (secondary N) is 2. The minimum absolute atomic E-state index is 0.0217. The van der Waals surface area contributed by atoms with E-state index in [1.165, 1.54) is 24.3 Å². The van der Waals surface area contributed by atoms with Crippen LogP contribution >= 0.6 is 0 Å². The molecule has 0 saturated carbocycles. The number of ether oxygens (including phenoxy) is 2. The Morgan fingerprint density at radius 2 is 1.79 bits per heavy atom. The van der Waals surface area contributed by atoms with E-state index in [2.05, 4.69) is 22.3 Å². The number of unbranched alkanes of at least 4 members (excludes halogenated alkanes) is 1. The van der Waals surface area contributed by atoms with E-state index in [-0.39, 0.29) is 5.75 Å². The summed E-state index contributed by atoms with van der Waals surface area (Å²) in [6, 6.07) is 12.3. The van der Waals surface area contributed by atoms with Crippen LogP contribution in [0.15, 0.2) is 48.5 Å². The summed E-state index contributed by atoms with van der Waals surface area (Å²) in [5.74, 6) is -1.19. The third-order valence-corrected chi connectivity index (χ3v) is 3.69. The van der Waals surface area contributed by atoms with E-state index in [1.807, 2.05) is 0 Å². The normalized spacial score (nSPS) is 10.4. The van der Waals surface area contributed by atoms with Gasteiger partial charge in [-0.1, -0.05) is 25.5 Å². The predicted octanol–water partition coefficient (Wildman–Crippen LogP) is 4.30. The average molecular weight is 392 g/mol. The summed E-state index contributed by atoms with van der Waals surface area (Å²) in [5, 5.41) is 5.69. The van der Waals surface area contributed by atoms with E-state index in [0.717, 1.165) is 19.4 Å². The van der Waals surface area contributed by atoms with Gasteiger partial charge < -0.3 is 20.1 Å². The van der Waals surface area contributed by atoms with Gasteiger partial charge in [0.2, 0.25) is 0 Å². The van der Waals surface area contributed by atoms with Gasteiger partial charge in [-0.05, 0) is 42.8 Å². The molecule has 0 heterocycles. The Kier molecular flexibility index (Phi) is 8.20. The topological polar surface area (TPSA) is 76.7 Å². The van der Waals surface area contributed by atoms with Crippen LogP contribution in [0.2, 0.25) is 0 Å². The van der Waals surface area contributed by atoms with Crippen LogP contribution in [0.1, 0.15) is 30.1 Å². The molecule has 2 aromatic carbocycles. The molecule has 2 N–H and O–H groups in total. The smallest absolute Gasteiger partial charge is 0.387 e. The van der Waals surface area contributed by atoms with Gasteiger partial charge >= 0.3 is 12.6 Å². The maximum Gasteiger partial charge on any atom is 0.387 e. The number of carbonyl (C=O) groups excluding carboxylic acids is 2. The summed E-state index contributed by atoms with van der Waals surface area (Å²) in [6.07, 6.45) is 1.99. The molecule has 28 heavy (non-hydrogen) atoms. The van der Waals surface area contributed by atoms with Crippen molar-refractivity contribution in [2.45, 2.75) is 26.4 Å². The zero-order valence-corrected chi connectivity index (χ0v) is 15.4. The number of amides is 1. The van der Waals surface area contributed by atoms with Crippen LogP contribution < -0.4 is 15.4 Å². The highest BCUT2D eigenvalue weighted by atomic mass is 19.3. The standard InChI is InChI=1S/C20H22F2N2O4/c1-2-3-12-23-17-7-5-4-6-16(17)19(26)27-13-18(25)24-14-8-10-15(11-9-14)28-20(21)22/h4-11,20,23H,2-3,12-13H2,1H3,(H,24,25).